The Morgan fingerprint density at radius 1 is 1.07 bits per heavy atom. The van der Waals surface area contributed by atoms with E-state index in [-0.39, 0.29) is 30.5 Å². The van der Waals surface area contributed by atoms with Crippen molar-refractivity contribution in [3.05, 3.63) is 66.7 Å². The number of piperazine rings is 1. The Morgan fingerprint density at radius 2 is 1.77 bits per heavy atom. The summed E-state index contributed by atoms with van der Waals surface area (Å²) < 4.78 is 37.8. The third-order valence-corrected chi connectivity index (χ3v) is 6.84. The second-order valence-corrected chi connectivity index (χ2v) is 8.80. The summed E-state index contributed by atoms with van der Waals surface area (Å²) in [6.45, 7) is 4.73. The van der Waals surface area contributed by atoms with Crippen LogP contribution in [0.3, 0.4) is 0 Å². The highest BCUT2D eigenvalue weighted by Crippen LogP contribution is 2.28. The molecule has 1 heterocycles. The minimum absolute atomic E-state index is 0.136. The monoisotopic (exact) mass is 430 g/mol. The zero-order valence-corrected chi connectivity index (χ0v) is 17.8. The van der Waals surface area contributed by atoms with E-state index in [1.807, 2.05) is 12.1 Å². The second-order valence-electron chi connectivity index (χ2n) is 6.86. The quantitative estimate of drug-likeness (QED) is 0.601. The van der Waals surface area contributed by atoms with E-state index in [0.29, 0.717) is 31.0 Å². The van der Waals surface area contributed by atoms with Gasteiger partial charge in [-0.3, -0.25) is 4.79 Å². The third kappa shape index (κ3) is 5.01. The number of rotatable bonds is 8. The Bertz CT molecular complexity index is 984. The van der Waals surface area contributed by atoms with Crippen LogP contribution in [0, 0.1) is 0 Å². The van der Waals surface area contributed by atoms with Gasteiger partial charge < -0.3 is 14.4 Å². The average Bonchev–Trinajstić information content (AvgIpc) is 2.78. The van der Waals surface area contributed by atoms with E-state index in [0.717, 1.165) is 5.56 Å². The molecule has 160 valence electrons. The first-order chi connectivity index (χ1) is 14.5. The molecule has 8 heteroatoms. The first-order valence-corrected chi connectivity index (χ1v) is 11.1. The van der Waals surface area contributed by atoms with Gasteiger partial charge in [0.05, 0.1) is 12.0 Å². The van der Waals surface area contributed by atoms with E-state index in [2.05, 4.69) is 6.58 Å². The highest BCUT2D eigenvalue weighted by atomic mass is 32.2. The molecule has 1 saturated heterocycles. The first kappa shape index (κ1) is 21.9. The van der Waals surface area contributed by atoms with Crippen molar-refractivity contribution >= 4 is 15.9 Å². The molecule has 0 saturated carbocycles. The van der Waals surface area contributed by atoms with Crippen LogP contribution >= 0.6 is 0 Å². The molecule has 0 aliphatic carbocycles. The molecule has 0 unspecified atom stereocenters. The molecule has 0 spiro atoms. The summed E-state index contributed by atoms with van der Waals surface area (Å²) in [5.41, 5.74) is 1.04. The summed E-state index contributed by atoms with van der Waals surface area (Å²) >= 11 is 0. The van der Waals surface area contributed by atoms with Crippen LogP contribution < -0.4 is 9.47 Å². The fraction of sp³-hybridized carbons (Fsp3) is 0.318. The number of carbonyl (C=O) groups excluding carboxylic acids is 1. The van der Waals surface area contributed by atoms with E-state index >= 15 is 0 Å². The Labute approximate surface area is 177 Å². The molecule has 7 nitrogen and oxygen atoms in total. The summed E-state index contributed by atoms with van der Waals surface area (Å²) in [7, 11) is -1.99. The zero-order valence-electron chi connectivity index (χ0n) is 17.0. The fourth-order valence-corrected chi connectivity index (χ4v) is 4.72. The van der Waals surface area contributed by atoms with Crippen molar-refractivity contribution < 1.29 is 22.7 Å². The van der Waals surface area contributed by atoms with E-state index < -0.39 is 10.0 Å². The largest absolute Gasteiger partial charge is 0.493 e. The molecule has 0 aromatic heterocycles. The van der Waals surface area contributed by atoms with Gasteiger partial charge in [-0.25, -0.2) is 8.42 Å². The SMILES string of the molecule is C=CCc1ccc(OCC(=O)N2CCN(S(=O)(=O)c3ccccc3)CC2)c(OC)c1. The van der Waals surface area contributed by atoms with Gasteiger partial charge in [0.25, 0.3) is 5.91 Å². The van der Waals surface area contributed by atoms with E-state index in [4.69, 9.17) is 9.47 Å². The van der Waals surface area contributed by atoms with Gasteiger partial charge in [-0.2, -0.15) is 4.31 Å². The average molecular weight is 431 g/mol. The van der Waals surface area contributed by atoms with Gasteiger partial charge in [-0.1, -0.05) is 30.3 Å². The van der Waals surface area contributed by atoms with Crippen LogP contribution in [0.1, 0.15) is 5.56 Å². The van der Waals surface area contributed by atoms with Crippen molar-refractivity contribution in [1.29, 1.82) is 0 Å². The van der Waals surface area contributed by atoms with Gasteiger partial charge in [0.2, 0.25) is 10.0 Å². The van der Waals surface area contributed by atoms with Gasteiger partial charge in [-0.05, 0) is 36.2 Å². The van der Waals surface area contributed by atoms with Crippen molar-refractivity contribution in [2.45, 2.75) is 11.3 Å². The second kappa shape index (κ2) is 9.77. The maximum Gasteiger partial charge on any atom is 0.260 e. The van der Waals surface area contributed by atoms with Crippen molar-refractivity contribution in [1.82, 2.24) is 9.21 Å². The van der Waals surface area contributed by atoms with Crippen LogP contribution in [0.15, 0.2) is 66.1 Å². The molecule has 0 atom stereocenters. The van der Waals surface area contributed by atoms with Gasteiger partial charge in [0, 0.05) is 26.2 Å². The minimum Gasteiger partial charge on any atom is -0.493 e. The number of allylic oxidation sites excluding steroid dienone is 1. The highest BCUT2D eigenvalue weighted by molar-refractivity contribution is 7.89. The lowest BCUT2D eigenvalue weighted by Gasteiger charge is -2.34. The van der Waals surface area contributed by atoms with Crippen LogP contribution in [-0.4, -0.2) is 63.4 Å². The lowest BCUT2D eigenvalue weighted by Crippen LogP contribution is -2.51. The predicted molar refractivity (Wildman–Crippen MR) is 114 cm³/mol. The van der Waals surface area contributed by atoms with Crippen LogP contribution in [-0.2, 0) is 21.2 Å². The summed E-state index contributed by atoms with van der Waals surface area (Å²) in [6.07, 6.45) is 2.52. The van der Waals surface area contributed by atoms with E-state index in [1.54, 1.807) is 54.5 Å². The number of nitrogens with zero attached hydrogens (tertiary/aromatic N) is 2. The Balaban J connectivity index is 1.55. The Morgan fingerprint density at radius 3 is 2.40 bits per heavy atom. The van der Waals surface area contributed by atoms with E-state index in [9.17, 15) is 13.2 Å². The molecule has 2 aromatic rings. The van der Waals surface area contributed by atoms with E-state index in [1.165, 1.54) is 4.31 Å². The summed E-state index contributed by atoms with van der Waals surface area (Å²) in [5, 5.41) is 0. The minimum atomic E-state index is -3.54. The third-order valence-electron chi connectivity index (χ3n) is 4.93. The van der Waals surface area contributed by atoms with Gasteiger partial charge in [-0.15, -0.1) is 6.58 Å². The number of hydrogen-bond donors (Lipinski definition) is 0. The molecule has 1 aliphatic rings. The number of carbonyl (C=O) groups is 1. The van der Waals surface area contributed by atoms with Crippen LogP contribution in [0.5, 0.6) is 11.5 Å². The number of benzene rings is 2. The molecule has 3 rings (SSSR count). The van der Waals surface area contributed by atoms with Crippen molar-refractivity contribution in [3.63, 3.8) is 0 Å². The molecule has 1 fully saturated rings. The number of amides is 1. The number of ether oxygens (including phenoxy) is 2. The molecule has 0 radical (unpaired) electrons. The molecular formula is C22H26N2O5S. The standard InChI is InChI=1S/C22H26N2O5S/c1-3-7-18-10-11-20(21(16-18)28-2)29-17-22(25)23-12-14-24(15-13-23)30(26,27)19-8-5-4-6-9-19/h3-6,8-11,16H,1,7,12-15,17H2,2H3. The van der Waals surface area contributed by atoms with Crippen molar-refractivity contribution in [2.24, 2.45) is 0 Å². The maximum atomic E-state index is 12.7. The predicted octanol–water partition coefficient (Wildman–Crippen LogP) is 2.34. The summed E-state index contributed by atoms with van der Waals surface area (Å²) in [4.78, 5) is 14.4. The van der Waals surface area contributed by atoms with Gasteiger partial charge in [0.15, 0.2) is 18.1 Å². The van der Waals surface area contributed by atoms with Crippen molar-refractivity contribution in [3.8, 4) is 11.5 Å². The topological polar surface area (TPSA) is 76.2 Å². The first-order valence-electron chi connectivity index (χ1n) is 9.69. The normalized spacial score (nSPS) is 14.9. The van der Waals surface area contributed by atoms with Crippen molar-refractivity contribution in [2.75, 3.05) is 39.9 Å². The number of hydrogen-bond acceptors (Lipinski definition) is 5. The Kier molecular flexibility index (Phi) is 7.12. The molecule has 0 N–H and O–H groups in total. The molecule has 1 aliphatic heterocycles. The van der Waals surface area contributed by atoms with Crippen LogP contribution in [0.25, 0.3) is 0 Å². The molecule has 0 bridgehead atoms. The summed E-state index contributed by atoms with van der Waals surface area (Å²) in [6, 6.07) is 13.9. The highest BCUT2D eigenvalue weighted by Gasteiger charge is 2.30. The molecule has 30 heavy (non-hydrogen) atoms. The maximum absolute atomic E-state index is 12.7. The van der Waals surface area contributed by atoms with Crippen LogP contribution in [0.4, 0.5) is 0 Å². The number of methoxy groups -OCH3 is 1. The zero-order chi connectivity index (χ0) is 21.6. The van der Waals surface area contributed by atoms with Gasteiger partial charge >= 0.3 is 0 Å². The molecular weight excluding hydrogens is 404 g/mol. The fourth-order valence-electron chi connectivity index (χ4n) is 3.28. The van der Waals surface area contributed by atoms with Gasteiger partial charge in [0.1, 0.15) is 0 Å². The van der Waals surface area contributed by atoms with Crippen LogP contribution in [0.2, 0.25) is 0 Å². The lowest BCUT2D eigenvalue weighted by molar-refractivity contribution is -0.134. The number of sulfonamides is 1. The molecule has 1 amide bonds. The lowest BCUT2D eigenvalue weighted by atomic mass is 10.1. The Hall–Kier alpha value is -2.84. The summed E-state index contributed by atoms with van der Waals surface area (Å²) in [5.74, 6) is 0.855. The molecule has 2 aromatic carbocycles. The smallest absolute Gasteiger partial charge is 0.260 e.